The zero-order valence-corrected chi connectivity index (χ0v) is 15.1. The molecule has 7 heteroatoms. The maximum absolute atomic E-state index is 12.4. The second-order valence-electron chi connectivity index (χ2n) is 7.05. The third-order valence-electron chi connectivity index (χ3n) is 3.85. The molecule has 138 valence electrons. The molecule has 7 nitrogen and oxygen atoms in total. The van der Waals surface area contributed by atoms with Crippen LogP contribution in [0.3, 0.4) is 0 Å². The Morgan fingerprint density at radius 1 is 1.16 bits per heavy atom. The van der Waals surface area contributed by atoms with Gasteiger partial charge in [0.05, 0.1) is 6.04 Å². The van der Waals surface area contributed by atoms with E-state index in [-0.39, 0.29) is 25.3 Å². The van der Waals surface area contributed by atoms with Crippen molar-refractivity contribution in [3.8, 4) is 0 Å². The number of amides is 2. The Hall–Kier alpha value is -2.28. The smallest absolute Gasteiger partial charge is 0.410 e. The van der Waals surface area contributed by atoms with Gasteiger partial charge in [0.25, 0.3) is 0 Å². The SMILES string of the molecule is CC(C)(C)OC(=O)N1CCN(C(=O)OCc2ccccc2)[C@H](CN)C1. The van der Waals surface area contributed by atoms with Crippen molar-refractivity contribution in [3.05, 3.63) is 35.9 Å². The van der Waals surface area contributed by atoms with E-state index in [0.717, 1.165) is 5.56 Å². The van der Waals surface area contributed by atoms with Crippen molar-refractivity contribution in [2.24, 2.45) is 5.73 Å². The van der Waals surface area contributed by atoms with Gasteiger partial charge in [0.15, 0.2) is 0 Å². The van der Waals surface area contributed by atoms with E-state index in [1.165, 1.54) is 0 Å². The summed E-state index contributed by atoms with van der Waals surface area (Å²) in [5, 5.41) is 0. The summed E-state index contributed by atoms with van der Waals surface area (Å²) < 4.78 is 10.8. The predicted octanol–water partition coefficient (Wildman–Crippen LogP) is 2.20. The van der Waals surface area contributed by atoms with Crippen LogP contribution in [-0.4, -0.2) is 59.8 Å². The Balaban J connectivity index is 1.90. The summed E-state index contributed by atoms with van der Waals surface area (Å²) in [5.74, 6) is 0. The van der Waals surface area contributed by atoms with Gasteiger partial charge in [-0.2, -0.15) is 0 Å². The highest BCUT2D eigenvalue weighted by molar-refractivity contribution is 5.71. The monoisotopic (exact) mass is 349 g/mol. The molecule has 0 aliphatic carbocycles. The van der Waals surface area contributed by atoms with Gasteiger partial charge in [0, 0.05) is 26.2 Å². The summed E-state index contributed by atoms with van der Waals surface area (Å²) in [7, 11) is 0. The number of carbonyl (C=O) groups is 2. The molecule has 0 radical (unpaired) electrons. The number of piperazine rings is 1. The minimum Gasteiger partial charge on any atom is -0.445 e. The van der Waals surface area contributed by atoms with Gasteiger partial charge in [-0.3, -0.25) is 0 Å². The third-order valence-corrected chi connectivity index (χ3v) is 3.85. The van der Waals surface area contributed by atoms with E-state index in [1.54, 1.807) is 9.80 Å². The molecule has 1 atom stereocenters. The molecule has 0 bridgehead atoms. The van der Waals surface area contributed by atoms with E-state index in [2.05, 4.69) is 0 Å². The van der Waals surface area contributed by atoms with Gasteiger partial charge >= 0.3 is 12.2 Å². The first-order valence-corrected chi connectivity index (χ1v) is 8.45. The van der Waals surface area contributed by atoms with Gasteiger partial charge in [-0.15, -0.1) is 0 Å². The molecule has 1 aromatic carbocycles. The molecule has 1 aliphatic rings. The molecular formula is C18H27N3O4. The normalized spacial score (nSPS) is 18.0. The van der Waals surface area contributed by atoms with Gasteiger partial charge in [-0.25, -0.2) is 9.59 Å². The standard InChI is InChI=1S/C18H27N3O4/c1-18(2,3)25-16(22)20-9-10-21(15(11-19)12-20)17(23)24-13-14-7-5-4-6-8-14/h4-8,15H,9-13,19H2,1-3H3/t15-/m1/s1. The van der Waals surface area contributed by atoms with E-state index < -0.39 is 11.7 Å². The highest BCUT2D eigenvalue weighted by atomic mass is 16.6. The number of nitrogens with two attached hydrogens (primary N) is 1. The Morgan fingerprint density at radius 2 is 1.84 bits per heavy atom. The molecule has 0 spiro atoms. The van der Waals surface area contributed by atoms with Crippen LogP contribution in [0.25, 0.3) is 0 Å². The van der Waals surface area contributed by atoms with Crippen molar-refractivity contribution in [3.63, 3.8) is 0 Å². The minimum absolute atomic E-state index is 0.212. The van der Waals surface area contributed by atoms with E-state index in [9.17, 15) is 9.59 Å². The van der Waals surface area contributed by atoms with Crippen molar-refractivity contribution >= 4 is 12.2 Å². The molecule has 0 unspecified atom stereocenters. The van der Waals surface area contributed by atoms with Gasteiger partial charge < -0.3 is 25.0 Å². The molecule has 0 aromatic heterocycles. The number of carbonyl (C=O) groups excluding carboxylic acids is 2. The lowest BCUT2D eigenvalue weighted by atomic mass is 10.2. The molecule has 1 aliphatic heterocycles. The lowest BCUT2D eigenvalue weighted by Crippen LogP contribution is -2.59. The number of ether oxygens (including phenoxy) is 2. The molecular weight excluding hydrogens is 322 g/mol. The van der Waals surface area contributed by atoms with Crippen LogP contribution in [0.4, 0.5) is 9.59 Å². The molecule has 2 N–H and O–H groups in total. The largest absolute Gasteiger partial charge is 0.445 e. The third kappa shape index (κ3) is 5.63. The first-order valence-electron chi connectivity index (χ1n) is 8.45. The van der Waals surface area contributed by atoms with Gasteiger partial charge in [-0.05, 0) is 26.3 Å². The second kappa shape index (κ2) is 8.20. The fourth-order valence-electron chi connectivity index (χ4n) is 2.59. The van der Waals surface area contributed by atoms with Gasteiger partial charge in [-0.1, -0.05) is 30.3 Å². The van der Waals surface area contributed by atoms with E-state index >= 15 is 0 Å². The maximum Gasteiger partial charge on any atom is 0.410 e. The zero-order chi connectivity index (χ0) is 18.4. The lowest BCUT2D eigenvalue weighted by molar-refractivity contribution is 0.00224. The van der Waals surface area contributed by atoms with Crippen molar-refractivity contribution < 1.29 is 19.1 Å². The first kappa shape index (κ1) is 19.1. The van der Waals surface area contributed by atoms with Crippen LogP contribution in [0.5, 0.6) is 0 Å². The Labute approximate surface area is 148 Å². The number of hydrogen-bond donors (Lipinski definition) is 1. The van der Waals surface area contributed by atoms with Gasteiger partial charge in [0.1, 0.15) is 12.2 Å². The number of benzene rings is 1. The average molecular weight is 349 g/mol. The Morgan fingerprint density at radius 3 is 2.44 bits per heavy atom. The molecule has 1 fully saturated rings. The molecule has 1 saturated heterocycles. The van der Waals surface area contributed by atoms with E-state index in [0.29, 0.717) is 19.6 Å². The molecule has 2 amide bonds. The summed E-state index contributed by atoms with van der Waals surface area (Å²) in [6.07, 6.45) is -0.800. The molecule has 1 heterocycles. The second-order valence-corrected chi connectivity index (χ2v) is 7.05. The summed E-state index contributed by atoms with van der Waals surface area (Å²) in [6.45, 7) is 7.03. The average Bonchev–Trinajstić information content (AvgIpc) is 2.58. The predicted molar refractivity (Wildman–Crippen MR) is 94.0 cm³/mol. The molecule has 0 saturated carbocycles. The number of rotatable bonds is 3. The maximum atomic E-state index is 12.4. The molecule has 2 rings (SSSR count). The van der Waals surface area contributed by atoms with Crippen LogP contribution in [0.15, 0.2) is 30.3 Å². The first-order chi connectivity index (χ1) is 11.8. The molecule has 25 heavy (non-hydrogen) atoms. The lowest BCUT2D eigenvalue weighted by Gasteiger charge is -2.40. The quantitative estimate of drug-likeness (QED) is 0.904. The van der Waals surface area contributed by atoms with Crippen LogP contribution in [-0.2, 0) is 16.1 Å². The van der Waals surface area contributed by atoms with Crippen molar-refractivity contribution in [2.45, 2.75) is 39.0 Å². The topological polar surface area (TPSA) is 85.1 Å². The summed E-state index contributed by atoms with van der Waals surface area (Å²) in [6, 6.07) is 9.20. The number of nitrogens with zero attached hydrogens (tertiary/aromatic N) is 2. The van der Waals surface area contributed by atoms with Crippen LogP contribution >= 0.6 is 0 Å². The Bertz CT molecular complexity index is 586. The van der Waals surface area contributed by atoms with E-state index in [4.69, 9.17) is 15.2 Å². The summed E-state index contributed by atoms with van der Waals surface area (Å²) in [4.78, 5) is 27.7. The zero-order valence-electron chi connectivity index (χ0n) is 15.1. The Kier molecular flexibility index (Phi) is 6.25. The summed E-state index contributed by atoms with van der Waals surface area (Å²) in [5.41, 5.74) is 6.17. The summed E-state index contributed by atoms with van der Waals surface area (Å²) >= 11 is 0. The van der Waals surface area contributed by atoms with Crippen molar-refractivity contribution in [1.29, 1.82) is 0 Å². The fourth-order valence-corrected chi connectivity index (χ4v) is 2.59. The van der Waals surface area contributed by atoms with Crippen LogP contribution in [0.1, 0.15) is 26.3 Å². The highest BCUT2D eigenvalue weighted by Gasteiger charge is 2.34. The van der Waals surface area contributed by atoms with Crippen LogP contribution in [0.2, 0.25) is 0 Å². The number of hydrogen-bond acceptors (Lipinski definition) is 5. The molecule has 1 aromatic rings. The van der Waals surface area contributed by atoms with Crippen LogP contribution in [0, 0.1) is 0 Å². The van der Waals surface area contributed by atoms with E-state index in [1.807, 2.05) is 51.1 Å². The van der Waals surface area contributed by atoms with Crippen molar-refractivity contribution in [2.75, 3.05) is 26.2 Å². The van der Waals surface area contributed by atoms with Crippen LogP contribution < -0.4 is 5.73 Å². The van der Waals surface area contributed by atoms with Crippen molar-refractivity contribution in [1.82, 2.24) is 9.80 Å². The highest BCUT2D eigenvalue weighted by Crippen LogP contribution is 2.16. The fraction of sp³-hybridized carbons (Fsp3) is 0.556. The van der Waals surface area contributed by atoms with Gasteiger partial charge in [0.2, 0.25) is 0 Å². The minimum atomic E-state index is -0.555.